The number of amides is 2. The number of anilines is 2. The molecule has 0 saturated carbocycles. The van der Waals surface area contributed by atoms with Gasteiger partial charge in [-0.2, -0.15) is 0 Å². The fraction of sp³-hybridized carbons (Fsp3) is 0.154. The third-order valence-corrected chi connectivity index (χ3v) is 3.19. The second kappa shape index (κ2) is 6.16. The van der Waals surface area contributed by atoms with Crippen LogP contribution in [0.15, 0.2) is 29.6 Å². The SMILES string of the molecule is COc1ccc(NC(=O)Nc2nc(C(C)=O)cs2)cc1. The molecule has 0 saturated heterocycles. The minimum atomic E-state index is -0.417. The van der Waals surface area contributed by atoms with Crippen LogP contribution in [0.25, 0.3) is 0 Å². The summed E-state index contributed by atoms with van der Waals surface area (Å²) in [6, 6.07) is 6.52. The molecule has 0 fully saturated rings. The lowest BCUT2D eigenvalue weighted by molar-refractivity contribution is 0.101. The molecule has 0 aliphatic heterocycles. The summed E-state index contributed by atoms with van der Waals surface area (Å²) in [5.41, 5.74) is 0.974. The van der Waals surface area contributed by atoms with Crippen molar-refractivity contribution in [3.05, 3.63) is 35.3 Å². The van der Waals surface area contributed by atoms with E-state index in [1.807, 2.05) is 0 Å². The number of benzene rings is 1. The lowest BCUT2D eigenvalue weighted by atomic mass is 10.3. The summed E-state index contributed by atoms with van der Waals surface area (Å²) in [6.07, 6.45) is 0. The molecule has 1 heterocycles. The Morgan fingerprint density at radius 1 is 1.20 bits per heavy atom. The van der Waals surface area contributed by atoms with E-state index in [-0.39, 0.29) is 5.78 Å². The Morgan fingerprint density at radius 3 is 2.45 bits per heavy atom. The van der Waals surface area contributed by atoms with E-state index in [2.05, 4.69) is 15.6 Å². The highest BCUT2D eigenvalue weighted by Gasteiger charge is 2.09. The number of rotatable bonds is 4. The summed E-state index contributed by atoms with van der Waals surface area (Å²) >= 11 is 1.20. The zero-order chi connectivity index (χ0) is 14.5. The van der Waals surface area contributed by atoms with Gasteiger partial charge >= 0.3 is 6.03 Å². The first kappa shape index (κ1) is 14.0. The molecule has 20 heavy (non-hydrogen) atoms. The van der Waals surface area contributed by atoms with Gasteiger partial charge in [0.15, 0.2) is 10.9 Å². The summed E-state index contributed by atoms with van der Waals surface area (Å²) in [5, 5.41) is 7.20. The number of ketones is 1. The van der Waals surface area contributed by atoms with E-state index >= 15 is 0 Å². The van der Waals surface area contributed by atoms with E-state index < -0.39 is 6.03 Å². The molecule has 0 bridgehead atoms. The second-order valence-corrected chi connectivity index (χ2v) is 4.76. The number of nitrogens with zero attached hydrogens (tertiary/aromatic N) is 1. The van der Waals surface area contributed by atoms with Crippen LogP contribution >= 0.6 is 11.3 Å². The van der Waals surface area contributed by atoms with Crippen molar-refractivity contribution in [1.82, 2.24) is 4.98 Å². The first-order chi connectivity index (χ1) is 9.58. The predicted octanol–water partition coefficient (Wildman–Crippen LogP) is 3.00. The van der Waals surface area contributed by atoms with Crippen LogP contribution in [0, 0.1) is 0 Å². The van der Waals surface area contributed by atoms with Gasteiger partial charge in [0.25, 0.3) is 0 Å². The molecule has 2 amide bonds. The molecule has 6 nitrogen and oxygen atoms in total. The number of hydrogen-bond acceptors (Lipinski definition) is 5. The minimum Gasteiger partial charge on any atom is -0.497 e. The van der Waals surface area contributed by atoms with E-state index in [1.165, 1.54) is 18.3 Å². The van der Waals surface area contributed by atoms with Crippen molar-refractivity contribution in [1.29, 1.82) is 0 Å². The van der Waals surface area contributed by atoms with Gasteiger partial charge < -0.3 is 10.1 Å². The van der Waals surface area contributed by atoms with Crippen molar-refractivity contribution in [3.8, 4) is 5.75 Å². The van der Waals surface area contributed by atoms with Crippen molar-refractivity contribution in [3.63, 3.8) is 0 Å². The molecule has 1 aromatic heterocycles. The normalized spacial score (nSPS) is 9.90. The number of methoxy groups -OCH3 is 1. The second-order valence-electron chi connectivity index (χ2n) is 3.90. The molecular formula is C13H13N3O3S. The Kier molecular flexibility index (Phi) is 4.31. The van der Waals surface area contributed by atoms with Crippen LogP contribution in [-0.4, -0.2) is 23.9 Å². The van der Waals surface area contributed by atoms with Crippen LogP contribution in [0.3, 0.4) is 0 Å². The predicted molar refractivity (Wildman–Crippen MR) is 77.8 cm³/mol. The van der Waals surface area contributed by atoms with Gasteiger partial charge in [0.1, 0.15) is 11.4 Å². The van der Waals surface area contributed by atoms with E-state index in [0.717, 1.165) is 0 Å². The zero-order valence-electron chi connectivity index (χ0n) is 11.0. The Bertz CT molecular complexity index is 622. The van der Waals surface area contributed by atoms with Crippen LogP contribution in [-0.2, 0) is 0 Å². The first-order valence-corrected chi connectivity index (χ1v) is 6.65. The molecular weight excluding hydrogens is 278 g/mol. The van der Waals surface area contributed by atoms with Crippen molar-refractivity contribution < 1.29 is 14.3 Å². The van der Waals surface area contributed by atoms with Crippen LogP contribution in [0.4, 0.5) is 15.6 Å². The third kappa shape index (κ3) is 3.55. The van der Waals surface area contributed by atoms with Crippen LogP contribution in [0.5, 0.6) is 5.75 Å². The van der Waals surface area contributed by atoms with Crippen molar-refractivity contribution in [2.75, 3.05) is 17.7 Å². The van der Waals surface area contributed by atoms with Gasteiger partial charge in [-0.3, -0.25) is 10.1 Å². The number of hydrogen-bond donors (Lipinski definition) is 2. The number of carbonyl (C=O) groups is 2. The van der Waals surface area contributed by atoms with Gasteiger partial charge in [-0.1, -0.05) is 0 Å². The van der Waals surface area contributed by atoms with Gasteiger partial charge in [0.05, 0.1) is 7.11 Å². The smallest absolute Gasteiger partial charge is 0.325 e. The fourth-order valence-electron chi connectivity index (χ4n) is 1.43. The molecule has 7 heteroatoms. The Morgan fingerprint density at radius 2 is 1.90 bits per heavy atom. The summed E-state index contributed by atoms with van der Waals surface area (Å²) in [6.45, 7) is 1.43. The fourth-order valence-corrected chi connectivity index (χ4v) is 2.17. The van der Waals surface area contributed by atoms with E-state index in [9.17, 15) is 9.59 Å². The van der Waals surface area contributed by atoms with Gasteiger partial charge in [-0.15, -0.1) is 11.3 Å². The van der Waals surface area contributed by atoms with Crippen LogP contribution < -0.4 is 15.4 Å². The number of Topliss-reactive ketones (excluding diaryl/α,β-unsaturated/α-hetero) is 1. The molecule has 2 rings (SSSR count). The third-order valence-electron chi connectivity index (χ3n) is 2.43. The Hall–Kier alpha value is -2.41. The average molecular weight is 291 g/mol. The number of nitrogens with one attached hydrogen (secondary N) is 2. The molecule has 0 unspecified atom stereocenters. The van der Waals surface area contributed by atoms with Gasteiger partial charge in [0.2, 0.25) is 0 Å². The number of ether oxygens (including phenoxy) is 1. The average Bonchev–Trinajstić information content (AvgIpc) is 2.88. The van der Waals surface area contributed by atoms with Gasteiger partial charge in [-0.25, -0.2) is 9.78 Å². The maximum Gasteiger partial charge on any atom is 0.325 e. The summed E-state index contributed by atoms with van der Waals surface area (Å²) in [7, 11) is 1.57. The maximum absolute atomic E-state index is 11.7. The number of aromatic nitrogens is 1. The molecule has 0 spiro atoms. The Balaban J connectivity index is 1.95. The minimum absolute atomic E-state index is 0.134. The molecule has 0 aliphatic rings. The summed E-state index contributed by atoms with van der Waals surface area (Å²) < 4.78 is 5.03. The molecule has 2 N–H and O–H groups in total. The van der Waals surface area contributed by atoms with Crippen molar-refractivity contribution in [2.24, 2.45) is 0 Å². The molecule has 1 aromatic carbocycles. The molecule has 0 aliphatic carbocycles. The van der Waals surface area contributed by atoms with Crippen molar-refractivity contribution >= 4 is 34.0 Å². The highest BCUT2D eigenvalue weighted by molar-refractivity contribution is 7.14. The van der Waals surface area contributed by atoms with Crippen LogP contribution in [0.2, 0.25) is 0 Å². The summed E-state index contributed by atoms with van der Waals surface area (Å²) in [4.78, 5) is 26.8. The molecule has 2 aromatic rings. The first-order valence-electron chi connectivity index (χ1n) is 5.77. The van der Waals surface area contributed by atoms with Gasteiger partial charge in [-0.05, 0) is 24.3 Å². The highest BCUT2D eigenvalue weighted by Crippen LogP contribution is 2.17. The lowest BCUT2D eigenvalue weighted by Gasteiger charge is -2.06. The van der Waals surface area contributed by atoms with E-state index in [1.54, 1.807) is 36.8 Å². The van der Waals surface area contributed by atoms with E-state index in [4.69, 9.17) is 4.74 Å². The number of thiazole rings is 1. The maximum atomic E-state index is 11.7. The largest absolute Gasteiger partial charge is 0.497 e. The van der Waals surface area contributed by atoms with Crippen molar-refractivity contribution in [2.45, 2.75) is 6.92 Å². The number of urea groups is 1. The van der Waals surface area contributed by atoms with Crippen LogP contribution in [0.1, 0.15) is 17.4 Å². The van der Waals surface area contributed by atoms with E-state index in [0.29, 0.717) is 22.3 Å². The molecule has 104 valence electrons. The quantitative estimate of drug-likeness (QED) is 0.849. The molecule has 0 atom stereocenters. The zero-order valence-corrected chi connectivity index (χ0v) is 11.8. The number of carbonyl (C=O) groups excluding carboxylic acids is 2. The highest BCUT2D eigenvalue weighted by atomic mass is 32.1. The van der Waals surface area contributed by atoms with Gasteiger partial charge in [0, 0.05) is 18.0 Å². The monoisotopic (exact) mass is 291 g/mol. The topological polar surface area (TPSA) is 80.3 Å². The lowest BCUT2D eigenvalue weighted by Crippen LogP contribution is -2.19. The Labute approximate surface area is 119 Å². The molecule has 0 radical (unpaired) electrons. The standard InChI is InChI=1S/C13H13N3O3S/c1-8(17)11-7-20-13(15-11)16-12(18)14-9-3-5-10(19-2)6-4-9/h3-7H,1-2H3,(H2,14,15,16,18). The summed E-state index contributed by atoms with van der Waals surface area (Å²) in [5.74, 6) is 0.576.